The van der Waals surface area contributed by atoms with E-state index in [2.05, 4.69) is 0 Å². The molecule has 0 spiro atoms. The third-order valence-corrected chi connectivity index (χ3v) is 2.92. The lowest BCUT2D eigenvalue weighted by Crippen LogP contribution is -2.42. The van der Waals surface area contributed by atoms with E-state index in [1.54, 1.807) is 12.1 Å². The van der Waals surface area contributed by atoms with E-state index < -0.39 is 31.0 Å². The zero-order valence-electron chi connectivity index (χ0n) is 10.1. The molecule has 18 heavy (non-hydrogen) atoms. The third kappa shape index (κ3) is 2.64. The van der Waals surface area contributed by atoms with Crippen LogP contribution in [0, 0.1) is 5.41 Å². The summed E-state index contributed by atoms with van der Waals surface area (Å²) in [5.74, 6) is -0.773. The topological polar surface area (TPSA) is 94.8 Å². The van der Waals surface area contributed by atoms with Gasteiger partial charge in [0, 0.05) is 11.1 Å². The van der Waals surface area contributed by atoms with Crippen molar-refractivity contribution in [3.05, 3.63) is 35.4 Å². The lowest BCUT2D eigenvalue weighted by molar-refractivity contribution is 0.0127. The molecule has 5 nitrogen and oxygen atoms in total. The summed E-state index contributed by atoms with van der Waals surface area (Å²) < 4.78 is 0. The molecule has 0 aliphatic rings. The quantitative estimate of drug-likeness (QED) is 0.621. The van der Waals surface area contributed by atoms with Crippen LogP contribution in [0.15, 0.2) is 24.3 Å². The van der Waals surface area contributed by atoms with E-state index in [-0.39, 0.29) is 11.3 Å². The van der Waals surface area contributed by atoms with Gasteiger partial charge in [-0.2, -0.15) is 0 Å². The molecule has 0 unspecified atom stereocenters. The molecule has 0 aromatic heterocycles. The Labute approximate surface area is 105 Å². The minimum Gasteiger partial charge on any atom is -0.395 e. The van der Waals surface area contributed by atoms with Gasteiger partial charge in [0.2, 0.25) is 0 Å². The van der Waals surface area contributed by atoms with Crippen LogP contribution in [0.2, 0.25) is 0 Å². The van der Waals surface area contributed by atoms with Gasteiger partial charge in [-0.1, -0.05) is 18.2 Å². The molecule has 0 saturated heterocycles. The van der Waals surface area contributed by atoms with Crippen LogP contribution in [-0.2, 0) is 0 Å². The largest absolute Gasteiger partial charge is 0.395 e. The van der Waals surface area contributed by atoms with Gasteiger partial charge in [0.05, 0.1) is 19.8 Å². The maximum Gasteiger partial charge on any atom is 0.175 e. The molecule has 5 heteroatoms. The van der Waals surface area contributed by atoms with Crippen LogP contribution in [0.25, 0.3) is 0 Å². The highest BCUT2D eigenvalue weighted by Crippen LogP contribution is 2.22. The normalized spacial score (nSPS) is 11.3. The van der Waals surface area contributed by atoms with Crippen molar-refractivity contribution in [1.82, 2.24) is 0 Å². The van der Waals surface area contributed by atoms with Crippen LogP contribution in [0.4, 0.5) is 0 Å². The molecule has 0 radical (unpaired) electrons. The molecule has 1 rings (SSSR count). The molecule has 0 atom stereocenters. The maximum atomic E-state index is 12.1. The van der Waals surface area contributed by atoms with Crippen LogP contribution < -0.4 is 0 Å². The second kappa shape index (κ2) is 5.86. The predicted octanol–water partition coefficient (Wildman–Crippen LogP) is 0.0352. The molecular weight excluding hydrogens is 236 g/mol. The van der Waals surface area contributed by atoms with Crippen molar-refractivity contribution in [3.63, 3.8) is 0 Å². The standard InChI is InChI=1S/C13H16O5/c1-9(17)10-3-2-4-11(5-10)12(18)13(6-14,7-15)8-16/h2-5,14-16H,6-8H2,1H3. The van der Waals surface area contributed by atoms with Gasteiger partial charge in [-0.25, -0.2) is 0 Å². The first kappa shape index (κ1) is 14.5. The molecule has 0 aliphatic heterocycles. The highest BCUT2D eigenvalue weighted by Gasteiger charge is 2.37. The van der Waals surface area contributed by atoms with Crippen LogP contribution in [0.5, 0.6) is 0 Å². The molecule has 0 aliphatic carbocycles. The third-order valence-electron chi connectivity index (χ3n) is 2.92. The number of aliphatic hydroxyl groups is 3. The van der Waals surface area contributed by atoms with E-state index in [0.717, 1.165) is 0 Å². The van der Waals surface area contributed by atoms with Gasteiger partial charge in [0.15, 0.2) is 11.6 Å². The first-order valence-electron chi connectivity index (χ1n) is 5.49. The summed E-state index contributed by atoms with van der Waals surface area (Å²) in [4.78, 5) is 23.4. The molecular formula is C13H16O5. The lowest BCUT2D eigenvalue weighted by Gasteiger charge is -2.25. The Hall–Kier alpha value is -1.56. The summed E-state index contributed by atoms with van der Waals surface area (Å²) in [5, 5.41) is 27.5. The Bertz CT molecular complexity index is 440. The number of ketones is 2. The Kier molecular flexibility index (Phi) is 4.72. The van der Waals surface area contributed by atoms with Gasteiger partial charge in [-0.3, -0.25) is 9.59 Å². The monoisotopic (exact) mass is 252 g/mol. The van der Waals surface area contributed by atoms with Crippen LogP contribution >= 0.6 is 0 Å². The molecule has 0 amide bonds. The number of carbonyl (C=O) groups excluding carboxylic acids is 2. The Balaban J connectivity index is 3.17. The summed E-state index contributed by atoms with van der Waals surface area (Å²) >= 11 is 0. The van der Waals surface area contributed by atoms with Gasteiger partial charge in [-0.05, 0) is 13.0 Å². The fourth-order valence-electron chi connectivity index (χ4n) is 1.55. The molecule has 0 saturated carbocycles. The minimum atomic E-state index is -1.62. The zero-order valence-corrected chi connectivity index (χ0v) is 10.1. The lowest BCUT2D eigenvalue weighted by atomic mass is 9.82. The van der Waals surface area contributed by atoms with Crippen molar-refractivity contribution in [3.8, 4) is 0 Å². The molecule has 1 aromatic carbocycles. The second-order valence-electron chi connectivity index (χ2n) is 4.22. The van der Waals surface area contributed by atoms with E-state index >= 15 is 0 Å². The molecule has 0 heterocycles. The van der Waals surface area contributed by atoms with E-state index in [9.17, 15) is 24.9 Å². The Morgan fingerprint density at radius 1 is 1.06 bits per heavy atom. The summed E-state index contributed by atoms with van der Waals surface area (Å²) in [6.45, 7) is -0.615. The average molecular weight is 252 g/mol. The van der Waals surface area contributed by atoms with Gasteiger partial charge in [0.25, 0.3) is 0 Å². The Morgan fingerprint density at radius 3 is 2.00 bits per heavy atom. The maximum absolute atomic E-state index is 12.1. The first-order valence-corrected chi connectivity index (χ1v) is 5.49. The number of carbonyl (C=O) groups is 2. The van der Waals surface area contributed by atoms with E-state index in [1.165, 1.54) is 19.1 Å². The fraction of sp³-hybridized carbons (Fsp3) is 0.385. The highest BCUT2D eigenvalue weighted by atomic mass is 16.3. The average Bonchev–Trinajstić information content (AvgIpc) is 2.41. The van der Waals surface area contributed by atoms with Gasteiger partial charge in [0.1, 0.15) is 5.41 Å². The number of hydrogen-bond acceptors (Lipinski definition) is 5. The minimum absolute atomic E-state index is 0.180. The molecule has 0 fully saturated rings. The van der Waals surface area contributed by atoms with Gasteiger partial charge >= 0.3 is 0 Å². The highest BCUT2D eigenvalue weighted by molar-refractivity contribution is 6.03. The summed E-state index contributed by atoms with van der Waals surface area (Å²) in [5.41, 5.74) is -1.07. The van der Waals surface area contributed by atoms with Crippen molar-refractivity contribution in [2.45, 2.75) is 6.92 Å². The van der Waals surface area contributed by atoms with Crippen molar-refractivity contribution in [2.75, 3.05) is 19.8 Å². The van der Waals surface area contributed by atoms with E-state index in [4.69, 9.17) is 0 Å². The smallest absolute Gasteiger partial charge is 0.175 e. The number of aliphatic hydroxyl groups excluding tert-OH is 3. The zero-order chi connectivity index (χ0) is 13.8. The number of rotatable bonds is 6. The van der Waals surface area contributed by atoms with Crippen LogP contribution in [-0.4, -0.2) is 46.7 Å². The predicted molar refractivity (Wildman–Crippen MR) is 64.5 cm³/mol. The van der Waals surface area contributed by atoms with E-state index in [1.807, 2.05) is 0 Å². The Morgan fingerprint density at radius 2 is 1.56 bits per heavy atom. The van der Waals surface area contributed by atoms with Crippen molar-refractivity contribution in [2.24, 2.45) is 5.41 Å². The molecule has 3 N–H and O–H groups in total. The number of hydrogen-bond donors (Lipinski definition) is 3. The van der Waals surface area contributed by atoms with Crippen LogP contribution in [0.1, 0.15) is 27.6 Å². The molecule has 1 aromatic rings. The van der Waals surface area contributed by atoms with Gasteiger partial charge < -0.3 is 15.3 Å². The van der Waals surface area contributed by atoms with Crippen molar-refractivity contribution >= 4 is 11.6 Å². The summed E-state index contributed by atoms with van der Waals surface area (Å²) in [6, 6.07) is 5.98. The molecule has 98 valence electrons. The van der Waals surface area contributed by atoms with Crippen LogP contribution in [0.3, 0.4) is 0 Å². The number of Topliss-reactive ketones (excluding diaryl/α,β-unsaturated/α-hetero) is 2. The fourth-order valence-corrected chi connectivity index (χ4v) is 1.55. The van der Waals surface area contributed by atoms with Gasteiger partial charge in [-0.15, -0.1) is 0 Å². The molecule has 0 bridgehead atoms. The summed E-state index contributed by atoms with van der Waals surface area (Å²) in [7, 11) is 0. The second-order valence-corrected chi connectivity index (χ2v) is 4.22. The van der Waals surface area contributed by atoms with E-state index in [0.29, 0.717) is 5.56 Å². The van der Waals surface area contributed by atoms with Crippen molar-refractivity contribution < 1.29 is 24.9 Å². The summed E-state index contributed by atoms with van der Waals surface area (Å²) in [6.07, 6.45) is 0. The van der Waals surface area contributed by atoms with Crippen molar-refractivity contribution in [1.29, 1.82) is 0 Å². The number of benzene rings is 1. The SMILES string of the molecule is CC(=O)c1cccc(C(=O)C(CO)(CO)CO)c1. The first-order chi connectivity index (χ1) is 8.50.